The Kier molecular flexibility index (Phi) is 61.2. The minimum atomic E-state index is -0.793. The predicted octanol–water partition coefficient (Wildman–Crippen LogP) is 22.3. The lowest BCUT2D eigenvalue weighted by atomic mass is 10.1. The summed E-state index contributed by atoms with van der Waals surface area (Å²) in [6.07, 6.45) is 84.3. The van der Waals surface area contributed by atoms with E-state index in [1.54, 1.807) is 0 Å². The van der Waals surface area contributed by atoms with E-state index in [4.69, 9.17) is 14.2 Å². The molecule has 76 heavy (non-hydrogen) atoms. The highest BCUT2D eigenvalue weighted by Gasteiger charge is 2.19. The van der Waals surface area contributed by atoms with E-state index in [1.165, 1.54) is 180 Å². The summed E-state index contributed by atoms with van der Waals surface area (Å²) in [7, 11) is 0. The highest BCUT2D eigenvalue weighted by atomic mass is 16.6. The molecule has 0 rings (SSSR count). The van der Waals surface area contributed by atoms with Crippen LogP contribution >= 0.6 is 0 Å². The van der Waals surface area contributed by atoms with Crippen molar-refractivity contribution in [3.63, 3.8) is 0 Å². The van der Waals surface area contributed by atoms with Gasteiger partial charge in [0.05, 0.1) is 0 Å². The second-order valence-electron chi connectivity index (χ2n) is 21.7. The highest BCUT2D eigenvalue weighted by molar-refractivity contribution is 5.71. The van der Waals surface area contributed by atoms with Crippen LogP contribution in [0.5, 0.6) is 0 Å². The average Bonchev–Trinajstić information content (AvgIpc) is 3.42. The molecule has 6 heteroatoms. The largest absolute Gasteiger partial charge is 0.462 e. The number of carbonyl (C=O) groups is 3. The van der Waals surface area contributed by atoms with E-state index in [2.05, 4.69) is 106 Å². The molecular weight excluding hydrogens is 937 g/mol. The van der Waals surface area contributed by atoms with Gasteiger partial charge in [-0.2, -0.15) is 0 Å². The molecule has 0 bridgehead atoms. The van der Waals surface area contributed by atoms with Crippen molar-refractivity contribution in [1.82, 2.24) is 0 Å². The van der Waals surface area contributed by atoms with E-state index in [0.717, 1.165) is 103 Å². The number of ether oxygens (including phenoxy) is 3. The molecule has 0 aliphatic heterocycles. The van der Waals surface area contributed by atoms with Gasteiger partial charge in [-0.25, -0.2) is 0 Å². The van der Waals surface area contributed by atoms with Gasteiger partial charge in [-0.3, -0.25) is 14.4 Å². The first-order chi connectivity index (χ1) is 37.5. The van der Waals surface area contributed by atoms with Crippen LogP contribution in [0.2, 0.25) is 0 Å². The van der Waals surface area contributed by atoms with Crippen molar-refractivity contribution >= 4 is 17.9 Å². The van der Waals surface area contributed by atoms with Crippen molar-refractivity contribution in [2.75, 3.05) is 13.2 Å². The summed E-state index contributed by atoms with van der Waals surface area (Å²) >= 11 is 0. The summed E-state index contributed by atoms with van der Waals surface area (Å²) in [4.78, 5) is 38.4. The Morgan fingerprint density at radius 2 is 0.474 bits per heavy atom. The Morgan fingerprint density at radius 1 is 0.263 bits per heavy atom. The first kappa shape index (κ1) is 72.6. The van der Waals surface area contributed by atoms with E-state index < -0.39 is 6.10 Å². The van der Waals surface area contributed by atoms with Crippen molar-refractivity contribution in [2.45, 2.75) is 329 Å². The third kappa shape index (κ3) is 61.4. The lowest BCUT2D eigenvalue weighted by Gasteiger charge is -2.18. The van der Waals surface area contributed by atoms with Crippen LogP contribution in [0, 0.1) is 0 Å². The molecule has 0 amide bonds. The molecule has 1 atom stereocenters. The molecule has 0 spiro atoms. The summed E-state index contributed by atoms with van der Waals surface area (Å²) in [5.41, 5.74) is 0. The molecule has 0 radical (unpaired) electrons. The SMILES string of the molecule is CCCCC/C=C\C/C=C\C/C=C\CCCCCCCCC(=O)OC(COC(=O)CCCCCCCC/C=C\C/C=C\C/C=C\CCCCCCC)COC(=O)CCCCCCCCC/C=C\CCCCCCCCC. The van der Waals surface area contributed by atoms with Gasteiger partial charge in [-0.15, -0.1) is 0 Å². The quantitative estimate of drug-likeness (QED) is 0.0261. The molecule has 0 saturated heterocycles. The Bertz CT molecular complexity index is 1450. The number of hydrogen-bond acceptors (Lipinski definition) is 6. The minimum absolute atomic E-state index is 0.0878. The number of hydrogen-bond donors (Lipinski definition) is 0. The molecule has 0 aromatic rings. The van der Waals surface area contributed by atoms with Crippen LogP contribution in [0.15, 0.2) is 85.1 Å². The maximum atomic E-state index is 12.9. The number of allylic oxidation sites excluding steroid dienone is 14. The molecule has 0 N–H and O–H groups in total. The fourth-order valence-corrected chi connectivity index (χ4v) is 9.16. The molecular formula is C70H122O6. The van der Waals surface area contributed by atoms with Gasteiger partial charge in [0.1, 0.15) is 13.2 Å². The average molecular weight is 1060 g/mol. The molecule has 0 heterocycles. The molecule has 0 aromatic heterocycles. The summed E-state index contributed by atoms with van der Waals surface area (Å²) in [6.45, 7) is 6.61. The van der Waals surface area contributed by atoms with Crippen molar-refractivity contribution in [3.05, 3.63) is 85.1 Å². The fraction of sp³-hybridized carbons (Fsp3) is 0.757. The van der Waals surface area contributed by atoms with E-state index >= 15 is 0 Å². The summed E-state index contributed by atoms with van der Waals surface area (Å²) in [5.74, 6) is -0.905. The van der Waals surface area contributed by atoms with E-state index in [9.17, 15) is 14.4 Å². The first-order valence-corrected chi connectivity index (χ1v) is 32.6. The van der Waals surface area contributed by atoms with E-state index in [1.807, 2.05) is 0 Å². The maximum absolute atomic E-state index is 12.9. The zero-order valence-corrected chi connectivity index (χ0v) is 50.3. The van der Waals surface area contributed by atoms with Gasteiger partial charge in [0.15, 0.2) is 6.10 Å². The van der Waals surface area contributed by atoms with Crippen LogP contribution in [-0.4, -0.2) is 37.2 Å². The summed E-state index contributed by atoms with van der Waals surface area (Å²) in [5, 5.41) is 0. The lowest BCUT2D eigenvalue weighted by molar-refractivity contribution is -0.167. The van der Waals surface area contributed by atoms with Gasteiger partial charge in [0.2, 0.25) is 0 Å². The lowest BCUT2D eigenvalue weighted by Crippen LogP contribution is -2.30. The van der Waals surface area contributed by atoms with Crippen molar-refractivity contribution < 1.29 is 28.6 Å². The predicted molar refractivity (Wildman–Crippen MR) is 330 cm³/mol. The molecule has 6 nitrogen and oxygen atoms in total. The highest BCUT2D eigenvalue weighted by Crippen LogP contribution is 2.15. The minimum Gasteiger partial charge on any atom is -0.462 e. The smallest absolute Gasteiger partial charge is 0.306 e. The molecule has 0 aliphatic rings. The van der Waals surface area contributed by atoms with Crippen LogP contribution < -0.4 is 0 Å². The number of unbranched alkanes of at least 4 members (excludes halogenated alkanes) is 34. The second kappa shape index (κ2) is 64.1. The Labute approximate surface area is 471 Å². The van der Waals surface area contributed by atoms with Crippen LogP contribution in [0.1, 0.15) is 323 Å². The normalized spacial score (nSPS) is 12.6. The first-order valence-electron chi connectivity index (χ1n) is 32.6. The van der Waals surface area contributed by atoms with Gasteiger partial charge in [0.25, 0.3) is 0 Å². The third-order valence-electron chi connectivity index (χ3n) is 14.1. The van der Waals surface area contributed by atoms with Gasteiger partial charge in [-0.05, 0) is 122 Å². The van der Waals surface area contributed by atoms with Gasteiger partial charge in [0, 0.05) is 19.3 Å². The van der Waals surface area contributed by atoms with Gasteiger partial charge in [-0.1, -0.05) is 266 Å². The van der Waals surface area contributed by atoms with Crippen molar-refractivity contribution in [3.8, 4) is 0 Å². The molecule has 0 aliphatic carbocycles. The molecule has 438 valence electrons. The third-order valence-corrected chi connectivity index (χ3v) is 14.1. The van der Waals surface area contributed by atoms with E-state index in [0.29, 0.717) is 19.3 Å². The Balaban J connectivity index is 4.44. The summed E-state index contributed by atoms with van der Waals surface area (Å²) < 4.78 is 16.9. The van der Waals surface area contributed by atoms with Crippen LogP contribution in [0.4, 0.5) is 0 Å². The number of rotatable bonds is 59. The zero-order chi connectivity index (χ0) is 55.0. The van der Waals surface area contributed by atoms with E-state index in [-0.39, 0.29) is 31.1 Å². The van der Waals surface area contributed by atoms with Crippen LogP contribution in [-0.2, 0) is 28.6 Å². The molecule has 0 fully saturated rings. The Hall–Kier alpha value is -3.41. The van der Waals surface area contributed by atoms with Crippen LogP contribution in [0.25, 0.3) is 0 Å². The maximum Gasteiger partial charge on any atom is 0.306 e. The molecule has 1 unspecified atom stereocenters. The molecule has 0 aromatic carbocycles. The van der Waals surface area contributed by atoms with Crippen molar-refractivity contribution in [2.24, 2.45) is 0 Å². The number of carbonyl (C=O) groups excluding carboxylic acids is 3. The second-order valence-corrected chi connectivity index (χ2v) is 21.7. The molecule has 0 saturated carbocycles. The van der Waals surface area contributed by atoms with Crippen LogP contribution in [0.3, 0.4) is 0 Å². The Morgan fingerprint density at radius 3 is 0.776 bits per heavy atom. The fourth-order valence-electron chi connectivity index (χ4n) is 9.16. The standard InChI is InChI=1S/C70H122O6/c1-4-7-10-13-16-19-22-25-28-31-34-35-37-39-42-45-48-51-54-57-60-63-69(72)75-66-67(65-74-68(71)62-59-56-53-50-47-44-41-38-33-30-27-24-21-18-15-12-9-6-3)76-70(73)64-61-58-55-52-49-46-43-40-36-32-29-26-23-20-17-14-11-8-5-2/h17,20,22,25-26,29-31,33-34,36-37,39-40,67H,4-16,18-19,21,23-24,27-28,32,35,38,41-66H2,1-3H3/b20-17-,25-22-,29-26-,33-30-,34-31-,39-37-,40-36-. The zero-order valence-electron chi connectivity index (χ0n) is 50.3. The number of esters is 3. The van der Waals surface area contributed by atoms with Gasteiger partial charge >= 0.3 is 17.9 Å². The topological polar surface area (TPSA) is 78.9 Å². The van der Waals surface area contributed by atoms with Crippen molar-refractivity contribution in [1.29, 1.82) is 0 Å². The monoisotopic (exact) mass is 1060 g/mol. The summed E-state index contributed by atoms with van der Waals surface area (Å²) in [6, 6.07) is 0. The van der Waals surface area contributed by atoms with Gasteiger partial charge < -0.3 is 14.2 Å².